The fourth-order valence-electron chi connectivity index (χ4n) is 4.11. The first kappa shape index (κ1) is 18.9. The topological polar surface area (TPSA) is 16.1 Å². The maximum atomic E-state index is 4.81. The van der Waals surface area contributed by atoms with Gasteiger partial charge in [-0.25, -0.2) is 4.98 Å². The van der Waals surface area contributed by atoms with E-state index >= 15 is 0 Å². The Morgan fingerprint density at radius 1 is 1.11 bits per heavy atom. The molecule has 3 aromatic rings. The van der Waals surface area contributed by atoms with Crippen molar-refractivity contribution in [3.05, 3.63) is 92.9 Å². The number of nitrogens with zero attached hydrogens (tertiary/aromatic N) is 2. The number of thiazole rings is 1. The number of rotatable bonds is 5. The van der Waals surface area contributed by atoms with Crippen molar-refractivity contribution in [2.75, 3.05) is 6.54 Å². The molecule has 0 saturated carbocycles. The Morgan fingerprint density at radius 2 is 1.89 bits per heavy atom. The van der Waals surface area contributed by atoms with Crippen LogP contribution in [0, 0.1) is 20.8 Å². The Labute approximate surface area is 172 Å². The van der Waals surface area contributed by atoms with E-state index in [0.717, 1.165) is 31.5 Å². The monoisotopic (exact) mass is 388 g/mol. The minimum atomic E-state index is 0.351. The Morgan fingerprint density at radius 3 is 2.64 bits per heavy atom. The van der Waals surface area contributed by atoms with E-state index < -0.39 is 0 Å². The highest BCUT2D eigenvalue weighted by Crippen LogP contribution is 2.40. The second-order valence-electron chi connectivity index (χ2n) is 7.84. The smallest absolute Gasteiger partial charge is 0.0901 e. The van der Waals surface area contributed by atoms with Crippen LogP contribution in [0.15, 0.2) is 55.1 Å². The zero-order valence-electron chi connectivity index (χ0n) is 17.0. The molecule has 144 valence electrons. The summed E-state index contributed by atoms with van der Waals surface area (Å²) >= 11 is 1.86. The Balaban J connectivity index is 1.62. The third-order valence-electron chi connectivity index (χ3n) is 5.63. The first-order valence-electron chi connectivity index (χ1n) is 10.1. The third kappa shape index (κ3) is 3.90. The van der Waals surface area contributed by atoms with Gasteiger partial charge in [-0.15, -0.1) is 11.3 Å². The van der Waals surface area contributed by atoms with Crippen LogP contribution in [0.5, 0.6) is 0 Å². The van der Waals surface area contributed by atoms with Crippen molar-refractivity contribution >= 4 is 17.0 Å². The fourth-order valence-corrected chi connectivity index (χ4v) is 5.23. The highest BCUT2D eigenvalue weighted by Gasteiger charge is 2.31. The Hall–Kier alpha value is -2.39. The minimum absolute atomic E-state index is 0.351. The van der Waals surface area contributed by atoms with Crippen LogP contribution < -0.4 is 0 Å². The fraction of sp³-hybridized carbons (Fsp3) is 0.320. The van der Waals surface area contributed by atoms with Gasteiger partial charge in [0.2, 0.25) is 0 Å². The number of hydrogen-bond donors (Lipinski definition) is 0. The molecule has 1 aliphatic rings. The molecule has 0 saturated heterocycles. The molecule has 0 amide bonds. The maximum Gasteiger partial charge on any atom is 0.0901 e. The summed E-state index contributed by atoms with van der Waals surface area (Å²) in [6.07, 6.45) is 3.16. The molecule has 3 heteroatoms. The summed E-state index contributed by atoms with van der Waals surface area (Å²) in [4.78, 5) is 8.76. The lowest BCUT2D eigenvalue weighted by Gasteiger charge is -2.38. The third-order valence-corrected chi connectivity index (χ3v) is 6.74. The van der Waals surface area contributed by atoms with Gasteiger partial charge in [0.25, 0.3) is 0 Å². The van der Waals surface area contributed by atoms with E-state index in [4.69, 9.17) is 4.98 Å². The first-order valence-corrected chi connectivity index (χ1v) is 10.9. The van der Waals surface area contributed by atoms with Crippen molar-refractivity contribution in [2.24, 2.45) is 0 Å². The van der Waals surface area contributed by atoms with Crippen LogP contribution in [0.3, 0.4) is 0 Å². The van der Waals surface area contributed by atoms with Gasteiger partial charge in [-0.2, -0.15) is 0 Å². The summed E-state index contributed by atoms with van der Waals surface area (Å²) in [5, 5.41) is 1.17. The highest BCUT2D eigenvalue weighted by atomic mass is 32.1. The van der Waals surface area contributed by atoms with Gasteiger partial charge in [0.05, 0.1) is 21.6 Å². The van der Waals surface area contributed by atoms with Gasteiger partial charge < -0.3 is 4.90 Å². The van der Waals surface area contributed by atoms with E-state index in [0.29, 0.717) is 6.04 Å². The maximum absolute atomic E-state index is 4.81. The summed E-state index contributed by atoms with van der Waals surface area (Å²) in [5.74, 6) is 0. The molecule has 2 heterocycles. The molecule has 1 aliphatic heterocycles. The molecule has 0 spiro atoms. The van der Waals surface area contributed by atoms with E-state index in [9.17, 15) is 0 Å². The molecule has 1 atom stereocenters. The lowest BCUT2D eigenvalue weighted by atomic mass is 9.95. The van der Waals surface area contributed by atoms with E-state index in [1.165, 1.54) is 37.8 Å². The van der Waals surface area contributed by atoms with Crippen molar-refractivity contribution in [3.8, 4) is 0 Å². The molecular formula is C25H28N2S. The zero-order chi connectivity index (χ0) is 19.7. The molecule has 2 aromatic carbocycles. The summed E-state index contributed by atoms with van der Waals surface area (Å²) in [6.45, 7) is 11.9. The lowest BCUT2D eigenvalue weighted by Crippen LogP contribution is -2.33. The molecule has 0 aliphatic carbocycles. The van der Waals surface area contributed by atoms with E-state index in [1.54, 1.807) is 0 Å². The molecular weight excluding hydrogens is 360 g/mol. The molecule has 1 aromatic heterocycles. The molecule has 0 fully saturated rings. The van der Waals surface area contributed by atoms with Gasteiger partial charge in [-0.1, -0.05) is 60.2 Å². The van der Waals surface area contributed by atoms with Gasteiger partial charge in [0.15, 0.2) is 0 Å². The largest absolute Gasteiger partial charge is 0.363 e. The Kier molecular flexibility index (Phi) is 5.36. The molecule has 0 radical (unpaired) electrons. The molecule has 4 rings (SSSR count). The second kappa shape index (κ2) is 7.92. The number of aromatic nitrogens is 1. The number of fused-ring (bicyclic) bond motifs is 1. The summed E-state index contributed by atoms with van der Waals surface area (Å²) in [6, 6.07) is 18.0. The van der Waals surface area contributed by atoms with Crippen LogP contribution in [-0.4, -0.2) is 16.4 Å². The van der Waals surface area contributed by atoms with Gasteiger partial charge >= 0.3 is 0 Å². The van der Waals surface area contributed by atoms with Gasteiger partial charge in [0.1, 0.15) is 0 Å². The summed E-state index contributed by atoms with van der Waals surface area (Å²) in [5.41, 5.74) is 7.65. The lowest BCUT2D eigenvalue weighted by molar-refractivity contribution is 0.271. The van der Waals surface area contributed by atoms with Crippen LogP contribution in [-0.2, 0) is 12.8 Å². The van der Waals surface area contributed by atoms with Crippen LogP contribution in [0.1, 0.15) is 50.3 Å². The SMILES string of the molecule is C=C(c1cccc(C)c1)N1CCc2nc(C)sc2C1CCc1ccc(C)cc1. The van der Waals surface area contributed by atoms with Crippen LogP contribution in [0.4, 0.5) is 0 Å². The standard InChI is InChI=1S/C25H28N2S/c1-17-8-10-21(11-9-17)12-13-24-25-23(26-20(4)28-25)14-15-27(24)19(3)22-7-5-6-18(2)16-22/h5-11,16,24H,3,12-15H2,1-2,4H3. The predicted molar refractivity (Wildman–Crippen MR) is 120 cm³/mol. The van der Waals surface area contributed by atoms with Gasteiger partial charge in [-0.3, -0.25) is 0 Å². The highest BCUT2D eigenvalue weighted by molar-refractivity contribution is 7.11. The zero-order valence-corrected chi connectivity index (χ0v) is 17.9. The number of hydrogen-bond acceptors (Lipinski definition) is 3. The van der Waals surface area contributed by atoms with Crippen molar-refractivity contribution in [3.63, 3.8) is 0 Å². The summed E-state index contributed by atoms with van der Waals surface area (Å²) < 4.78 is 0. The quantitative estimate of drug-likeness (QED) is 0.512. The Bertz CT molecular complexity index is 984. The average molecular weight is 389 g/mol. The van der Waals surface area contributed by atoms with E-state index in [-0.39, 0.29) is 0 Å². The van der Waals surface area contributed by atoms with Crippen molar-refractivity contribution in [1.82, 2.24) is 9.88 Å². The van der Waals surface area contributed by atoms with Crippen LogP contribution in [0.25, 0.3) is 5.70 Å². The van der Waals surface area contributed by atoms with Crippen LogP contribution in [0.2, 0.25) is 0 Å². The second-order valence-corrected chi connectivity index (χ2v) is 9.08. The molecule has 2 nitrogen and oxygen atoms in total. The molecule has 0 N–H and O–H groups in total. The van der Waals surface area contributed by atoms with E-state index in [1.807, 2.05) is 11.3 Å². The number of benzene rings is 2. The molecule has 1 unspecified atom stereocenters. The normalized spacial score (nSPS) is 16.1. The summed E-state index contributed by atoms with van der Waals surface area (Å²) in [7, 11) is 0. The predicted octanol–water partition coefficient (Wildman–Crippen LogP) is 6.27. The van der Waals surface area contributed by atoms with Crippen molar-refractivity contribution in [2.45, 2.75) is 46.1 Å². The van der Waals surface area contributed by atoms with E-state index in [2.05, 4.69) is 80.8 Å². The minimum Gasteiger partial charge on any atom is -0.363 e. The molecule has 28 heavy (non-hydrogen) atoms. The average Bonchev–Trinajstić information content (AvgIpc) is 3.07. The number of aryl methyl sites for hydroxylation is 4. The molecule has 0 bridgehead atoms. The van der Waals surface area contributed by atoms with Gasteiger partial charge in [-0.05, 0) is 50.8 Å². The van der Waals surface area contributed by atoms with Crippen LogP contribution >= 0.6 is 11.3 Å². The first-order chi connectivity index (χ1) is 13.5. The van der Waals surface area contributed by atoms with Crippen molar-refractivity contribution in [1.29, 1.82) is 0 Å². The van der Waals surface area contributed by atoms with Gasteiger partial charge in [0, 0.05) is 18.7 Å². The van der Waals surface area contributed by atoms with Crippen molar-refractivity contribution < 1.29 is 0 Å².